The van der Waals surface area contributed by atoms with E-state index in [2.05, 4.69) is 12.2 Å². The summed E-state index contributed by atoms with van der Waals surface area (Å²) in [5.74, 6) is 0.905. The van der Waals surface area contributed by atoms with Crippen molar-refractivity contribution in [2.75, 3.05) is 11.9 Å². The average Bonchev–Trinajstić information content (AvgIpc) is 2.49. The number of benzene rings is 1. The molecule has 4 nitrogen and oxygen atoms in total. The third-order valence-electron chi connectivity index (χ3n) is 3.41. The van der Waals surface area contributed by atoms with Crippen LogP contribution >= 0.6 is 0 Å². The number of unbranched alkanes of at least 4 members (excludes halogenated alkanes) is 3. The van der Waals surface area contributed by atoms with E-state index in [0.717, 1.165) is 50.1 Å². The molecule has 0 aliphatic carbocycles. The molecule has 1 unspecified atom stereocenters. The smallest absolute Gasteiger partial charge is 0.224 e. The van der Waals surface area contributed by atoms with Gasteiger partial charge >= 0.3 is 0 Å². The second kappa shape index (κ2) is 10.2. The standard InChI is InChI=1S/C17H28N2O2/c1-3-14(2)21-16-11-9-15(10-12-16)19-17(20)8-6-4-5-7-13-18/h9-12,14H,3-8,13,18H2,1-2H3,(H,19,20). The number of hydrogen-bond donors (Lipinski definition) is 2. The number of carbonyl (C=O) groups is 1. The fourth-order valence-electron chi connectivity index (χ4n) is 1.94. The van der Waals surface area contributed by atoms with Crippen LogP contribution in [0.15, 0.2) is 24.3 Å². The zero-order valence-corrected chi connectivity index (χ0v) is 13.2. The number of hydrogen-bond acceptors (Lipinski definition) is 3. The summed E-state index contributed by atoms with van der Waals surface area (Å²) in [6.45, 7) is 4.87. The maximum Gasteiger partial charge on any atom is 0.224 e. The number of ether oxygens (including phenoxy) is 1. The van der Waals surface area contributed by atoms with Crippen molar-refractivity contribution in [3.8, 4) is 5.75 Å². The molecule has 4 heteroatoms. The Balaban J connectivity index is 2.29. The van der Waals surface area contributed by atoms with Gasteiger partial charge in [0, 0.05) is 12.1 Å². The Morgan fingerprint density at radius 1 is 1.19 bits per heavy atom. The van der Waals surface area contributed by atoms with Crippen molar-refractivity contribution in [2.45, 2.75) is 58.5 Å². The molecule has 0 heterocycles. The van der Waals surface area contributed by atoms with Crippen molar-refractivity contribution in [3.05, 3.63) is 24.3 Å². The predicted octanol–water partition coefficient (Wildman–Crippen LogP) is 3.71. The molecule has 1 rings (SSSR count). The van der Waals surface area contributed by atoms with E-state index >= 15 is 0 Å². The number of nitrogens with two attached hydrogens (primary N) is 1. The molecule has 3 N–H and O–H groups in total. The lowest BCUT2D eigenvalue weighted by molar-refractivity contribution is -0.116. The van der Waals surface area contributed by atoms with Crippen LogP contribution in [-0.4, -0.2) is 18.6 Å². The maximum absolute atomic E-state index is 11.8. The van der Waals surface area contributed by atoms with Gasteiger partial charge in [-0.25, -0.2) is 0 Å². The molecule has 21 heavy (non-hydrogen) atoms. The molecule has 1 amide bonds. The molecular formula is C17H28N2O2. The third kappa shape index (κ3) is 7.71. The normalized spacial score (nSPS) is 12.0. The molecule has 0 bridgehead atoms. The Hall–Kier alpha value is -1.55. The second-order valence-corrected chi connectivity index (χ2v) is 5.36. The van der Waals surface area contributed by atoms with E-state index in [1.165, 1.54) is 0 Å². The molecule has 0 saturated heterocycles. The van der Waals surface area contributed by atoms with Gasteiger partial charge in [0.15, 0.2) is 0 Å². The second-order valence-electron chi connectivity index (χ2n) is 5.36. The van der Waals surface area contributed by atoms with Gasteiger partial charge < -0.3 is 15.8 Å². The van der Waals surface area contributed by atoms with Crippen molar-refractivity contribution in [3.63, 3.8) is 0 Å². The van der Waals surface area contributed by atoms with Crippen LogP contribution in [0.1, 0.15) is 52.4 Å². The van der Waals surface area contributed by atoms with Crippen LogP contribution in [0, 0.1) is 0 Å². The summed E-state index contributed by atoms with van der Waals surface area (Å²) in [6.07, 6.45) is 5.87. The molecule has 0 saturated carbocycles. The Kier molecular flexibility index (Phi) is 8.51. The molecule has 0 spiro atoms. The highest BCUT2D eigenvalue weighted by atomic mass is 16.5. The highest BCUT2D eigenvalue weighted by Gasteiger charge is 2.04. The topological polar surface area (TPSA) is 64.3 Å². The van der Waals surface area contributed by atoms with Crippen molar-refractivity contribution >= 4 is 11.6 Å². The first-order valence-corrected chi connectivity index (χ1v) is 7.92. The molecule has 0 aliphatic heterocycles. The molecule has 0 radical (unpaired) electrons. The van der Waals surface area contributed by atoms with Crippen molar-refractivity contribution < 1.29 is 9.53 Å². The minimum atomic E-state index is 0.0679. The van der Waals surface area contributed by atoms with Crippen molar-refractivity contribution in [1.82, 2.24) is 0 Å². The lowest BCUT2D eigenvalue weighted by Crippen LogP contribution is -2.12. The number of anilines is 1. The molecule has 1 aromatic rings. The summed E-state index contributed by atoms with van der Waals surface area (Å²) in [4.78, 5) is 11.8. The zero-order chi connectivity index (χ0) is 15.5. The van der Waals surface area contributed by atoms with Gasteiger partial charge in [0.1, 0.15) is 5.75 Å². The Morgan fingerprint density at radius 2 is 1.86 bits per heavy atom. The summed E-state index contributed by atoms with van der Waals surface area (Å²) in [5, 5.41) is 2.91. The first-order valence-electron chi connectivity index (χ1n) is 7.92. The average molecular weight is 292 g/mol. The van der Waals surface area contributed by atoms with Gasteiger partial charge in [-0.1, -0.05) is 19.8 Å². The van der Waals surface area contributed by atoms with Crippen molar-refractivity contribution in [1.29, 1.82) is 0 Å². The minimum absolute atomic E-state index is 0.0679. The van der Waals surface area contributed by atoms with Crippen LogP contribution in [0.25, 0.3) is 0 Å². The van der Waals surface area contributed by atoms with Gasteiger partial charge in [0.05, 0.1) is 6.10 Å². The van der Waals surface area contributed by atoms with Crippen molar-refractivity contribution in [2.24, 2.45) is 5.73 Å². The highest BCUT2D eigenvalue weighted by molar-refractivity contribution is 5.90. The lowest BCUT2D eigenvalue weighted by atomic mass is 10.1. The van der Waals surface area contributed by atoms with Crippen LogP contribution in [0.5, 0.6) is 5.75 Å². The van der Waals surface area contributed by atoms with Gasteiger partial charge in [0.2, 0.25) is 5.91 Å². The largest absolute Gasteiger partial charge is 0.491 e. The van der Waals surface area contributed by atoms with Crippen LogP contribution in [0.2, 0.25) is 0 Å². The zero-order valence-electron chi connectivity index (χ0n) is 13.2. The molecule has 1 aromatic carbocycles. The fourth-order valence-corrected chi connectivity index (χ4v) is 1.94. The molecule has 0 fully saturated rings. The number of carbonyl (C=O) groups excluding carboxylic acids is 1. The lowest BCUT2D eigenvalue weighted by Gasteiger charge is -2.13. The van der Waals surface area contributed by atoms with Crippen LogP contribution in [-0.2, 0) is 4.79 Å². The van der Waals surface area contributed by atoms with Gasteiger partial charge in [-0.2, -0.15) is 0 Å². The maximum atomic E-state index is 11.8. The van der Waals surface area contributed by atoms with E-state index < -0.39 is 0 Å². The van der Waals surface area contributed by atoms with E-state index in [1.54, 1.807) is 0 Å². The monoisotopic (exact) mass is 292 g/mol. The molecular weight excluding hydrogens is 264 g/mol. The summed E-state index contributed by atoms with van der Waals surface area (Å²) in [5.41, 5.74) is 6.25. The Labute approximate surface area is 128 Å². The summed E-state index contributed by atoms with van der Waals surface area (Å²) >= 11 is 0. The van der Waals surface area contributed by atoms with Gasteiger partial charge in [-0.3, -0.25) is 4.79 Å². The van der Waals surface area contributed by atoms with Gasteiger partial charge in [-0.05, 0) is 57.0 Å². The highest BCUT2D eigenvalue weighted by Crippen LogP contribution is 2.18. The predicted molar refractivity (Wildman–Crippen MR) is 87.6 cm³/mol. The quantitative estimate of drug-likeness (QED) is 0.646. The summed E-state index contributed by atoms with van der Waals surface area (Å²) in [7, 11) is 0. The molecule has 1 atom stereocenters. The fraction of sp³-hybridized carbons (Fsp3) is 0.588. The van der Waals surface area contributed by atoms with Gasteiger partial charge in [0.25, 0.3) is 0 Å². The first-order chi connectivity index (χ1) is 10.2. The van der Waals surface area contributed by atoms with Crippen LogP contribution in [0.4, 0.5) is 5.69 Å². The van der Waals surface area contributed by atoms with E-state index in [1.807, 2.05) is 31.2 Å². The first kappa shape index (κ1) is 17.5. The Morgan fingerprint density at radius 3 is 2.48 bits per heavy atom. The SMILES string of the molecule is CCC(C)Oc1ccc(NC(=O)CCCCCCN)cc1. The van der Waals surface area contributed by atoms with E-state index in [-0.39, 0.29) is 12.0 Å². The number of nitrogens with one attached hydrogen (secondary N) is 1. The summed E-state index contributed by atoms with van der Waals surface area (Å²) < 4.78 is 5.70. The summed E-state index contributed by atoms with van der Waals surface area (Å²) in [6, 6.07) is 7.54. The molecule has 0 aliphatic rings. The van der Waals surface area contributed by atoms with Crippen LogP contribution in [0.3, 0.4) is 0 Å². The Bertz CT molecular complexity index is 404. The third-order valence-corrected chi connectivity index (χ3v) is 3.41. The van der Waals surface area contributed by atoms with E-state index in [0.29, 0.717) is 6.42 Å². The van der Waals surface area contributed by atoms with Gasteiger partial charge in [-0.15, -0.1) is 0 Å². The van der Waals surface area contributed by atoms with E-state index in [4.69, 9.17) is 10.5 Å². The molecule has 0 aromatic heterocycles. The minimum Gasteiger partial charge on any atom is -0.491 e. The van der Waals surface area contributed by atoms with Crippen LogP contribution < -0.4 is 15.8 Å². The van der Waals surface area contributed by atoms with E-state index in [9.17, 15) is 4.79 Å². The number of rotatable bonds is 10. The number of amides is 1. The molecule has 118 valence electrons.